The second kappa shape index (κ2) is 5.10. The highest BCUT2D eigenvalue weighted by molar-refractivity contribution is 9.10. The number of benzene rings is 1. The highest BCUT2D eigenvalue weighted by atomic mass is 79.9. The molecule has 1 aliphatic heterocycles. The Morgan fingerprint density at radius 2 is 2.16 bits per heavy atom. The minimum absolute atomic E-state index is 0.0632. The molecular formula is C16H22BrNO. The largest absolute Gasteiger partial charge is 0.487 e. The summed E-state index contributed by atoms with van der Waals surface area (Å²) in [6, 6.07) is 6.83. The van der Waals surface area contributed by atoms with Gasteiger partial charge in [-0.15, -0.1) is 0 Å². The molecule has 2 aliphatic rings. The first-order valence-corrected chi connectivity index (χ1v) is 8.19. The van der Waals surface area contributed by atoms with Crippen molar-refractivity contribution < 1.29 is 4.74 Å². The Hall–Kier alpha value is -0.540. The lowest BCUT2D eigenvalue weighted by atomic mass is 9.82. The van der Waals surface area contributed by atoms with Crippen molar-refractivity contribution in [3.8, 4) is 5.75 Å². The maximum atomic E-state index is 6.46. The Balaban J connectivity index is 1.98. The molecule has 2 nitrogen and oxygen atoms in total. The van der Waals surface area contributed by atoms with E-state index in [2.05, 4.69) is 53.3 Å². The van der Waals surface area contributed by atoms with Crippen LogP contribution in [0, 0.1) is 5.92 Å². The maximum Gasteiger partial charge on any atom is 0.125 e. The van der Waals surface area contributed by atoms with E-state index >= 15 is 0 Å². The summed E-state index contributed by atoms with van der Waals surface area (Å²) in [6.45, 7) is 5.45. The lowest BCUT2D eigenvalue weighted by Gasteiger charge is -2.42. The molecule has 0 spiro atoms. The van der Waals surface area contributed by atoms with Crippen molar-refractivity contribution in [2.75, 3.05) is 6.54 Å². The molecule has 0 radical (unpaired) electrons. The normalized spacial score (nSPS) is 29.7. The number of hydrogen-bond acceptors (Lipinski definition) is 2. The average Bonchev–Trinajstić information content (AvgIpc) is 3.24. The van der Waals surface area contributed by atoms with Crippen molar-refractivity contribution in [3.05, 3.63) is 28.2 Å². The van der Waals surface area contributed by atoms with E-state index in [0.29, 0.717) is 6.04 Å². The van der Waals surface area contributed by atoms with Gasteiger partial charge in [0, 0.05) is 22.5 Å². The third-order valence-corrected chi connectivity index (χ3v) is 5.07. The van der Waals surface area contributed by atoms with Crippen LogP contribution in [0.3, 0.4) is 0 Å². The van der Waals surface area contributed by atoms with Crippen LogP contribution in [0.1, 0.15) is 51.1 Å². The van der Waals surface area contributed by atoms with Crippen molar-refractivity contribution in [1.82, 2.24) is 5.32 Å². The van der Waals surface area contributed by atoms with Gasteiger partial charge in [-0.1, -0.05) is 29.8 Å². The van der Waals surface area contributed by atoms with Gasteiger partial charge in [-0.3, -0.25) is 0 Å². The molecule has 1 aromatic rings. The lowest BCUT2D eigenvalue weighted by molar-refractivity contribution is 0.00590. The summed E-state index contributed by atoms with van der Waals surface area (Å²) in [7, 11) is 0. The number of nitrogens with one attached hydrogen (secondary N) is 1. The van der Waals surface area contributed by atoms with Crippen LogP contribution in [-0.2, 0) is 0 Å². The Labute approximate surface area is 124 Å². The van der Waals surface area contributed by atoms with Gasteiger partial charge in [0.25, 0.3) is 0 Å². The fourth-order valence-corrected chi connectivity index (χ4v) is 3.77. The van der Waals surface area contributed by atoms with Gasteiger partial charge in [-0.05, 0) is 49.9 Å². The molecule has 2 atom stereocenters. The Kier molecular flexibility index (Phi) is 3.61. The highest BCUT2D eigenvalue weighted by Crippen LogP contribution is 2.52. The summed E-state index contributed by atoms with van der Waals surface area (Å²) >= 11 is 3.57. The average molecular weight is 324 g/mol. The number of rotatable bonds is 4. The van der Waals surface area contributed by atoms with E-state index in [-0.39, 0.29) is 5.60 Å². The van der Waals surface area contributed by atoms with E-state index in [1.165, 1.54) is 18.4 Å². The predicted molar refractivity (Wildman–Crippen MR) is 81.6 cm³/mol. The zero-order chi connectivity index (χ0) is 13.5. The molecule has 1 aromatic carbocycles. The van der Waals surface area contributed by atoms with E-state index in [9.17, 15) is 0 Å². The summed E-state index contributed by atoms with van der Waals surface area (Å²) in [4.78, 5) is 0. The molecule has 2 unspecified atom stereocenters. The number of hydrogen-bond donors (Lipinski definition) is 1. The Bertz CT molecular complexity index is 472. The SMILES string of the molecule is CCNC1CC(CC)(C2CC2)Oc2ccc(Br)cc21. The molecule has 3 rings (SSSR count). The third kappa shape index (κ3) is 2.43. The molecule has 0 aromatic heterocycles. The topological polar surface area (TPSA) is 21.3 Å². The first-order valence-electron chi connectivity index (χ1n) is 7.40. The molecular weight excluding hydrogens is 302 g/mol. The quantitative estimate of drug-likeness (QED) is 0.884. The van der Waals surface area contributed by atoms with Gasteiger partial charge in [-0.2, -0.15) is 0 Å². The van der Waals surface area contributed by atoms with Crippen molar-refractivity contribution >= 4 is 15.9 Å². The fraction of sp³-hybridized carbons (Fsp3) is 0.625. The molecule has 0 amide bonds. The van der Waals surface area contributed by atoms with Crippen LogP contribution in [0.25, 0.3) is 0 Å². The van der Waals surface area contributed by atoms with E-state index in [1.54, 1.807) is 0 Å². The second-order valence-electron chi connectivity index (χ2n) is 5.79. The molecule has 1 aliphatic carbocycles. The van der Waals surface area contributed by atoms with Gasteiger partial charge in [0.15, 0.2) is 0 Å². The number of halogens is 1. The first kappa shape index (κ1) is 13.4. The zero-order valence-corrected chi connectivity index (χ0v) is 13.3. The van der Waals surface area contributed by atoms with Crippen LogP contribution in [0.4, 0.5) is 0 Å². The minimum Gasteiger partial charge on any atom is -0.487 e. The van der Waals surface area contributed by atoms with E-state index in [1.807, 2.05) is 0 Å². The molecule has 1 saturated carbocycles. The van der Waals surface area contributed by atoms with Gasteiger partial charge in [0.05, 0.1) is 0 Å². The summed E-state index contributed by atoms with van der Waals surface area (Å²) in [6.07, 6.45) is 4.87. The van der Waals surface area contributed by atoms with Gasteiger partial charge in [0.2, 0.25) is 0 Å². The standard InChI is InChI=1S/C16H22BrNO/c1-3-16(11-5-6-11)10-14(18-4-2)13-9-12(17)7-8-15(13)19-16/h7-9,11,14,18H,3-6,10H2,1-2H3. The molecule has 0 saturated heterocycles. The molecule has 1 fully saturated rings. The van der Waals surface area contributed by atoms with E-state index in [4.69, 9.17) is 4.74 Å². The molecule has 104 valence electrons. The summed E-state index contributed by atoms with van der Waals surface area (Å²) in [5.74, 6) is 1.84. The summed E-state index contributed by atoms with van der Waals surface area (Å²) < 4.78 is 7.60. The number of ether oxygens (including phenoxy) is 1. The summed E-state index contributed by atoms with van der Waals surface area (Å²) in [5.41, 5.74) is 1.37. The zero-order valence-electron chi connectivity index (χ0n) is 11.7. The van der Waals surface area contributed by atoms with E-state index in [0.717, 1.165) is 35.5 Å². The van der Waals surface area contributed by atoms with Gasteiger partial charge in [0.1, 0.15) is 11.4 Å². The third-order valence-electron chi connectivity index (χ3n) is 4.58. The van der Waals surface area contributed by atoms with Crippen molar-refractivity contribution in [2.24, 2.45) is 5.92 Å². The van der Waals surface area contributed by atoms with Gasteiger partial charge in [-0.25, -0.2) is 0 Å². The van der Waals surface area contributed by atoms with Crippen molar-refractivity contribution in [3.63, 3.8) is 0 Å². The van der Waals surface area contributed by atoms with Gasteiger partial charge >= 0.3 is 0 Å². The molecule has 3 heteroatoms. The van der Waals surface area contributed by atoms with Crippen LogP contribution in [0.5, 0.6) is 5.75 Å². The predicted octanol–water partition coefficient (Wildman–Crippen LogP) is 4.44. The smallest absolute Gasteiger partial charge is 0.125 e. The highest BCUT2D eigenvalue weighted by Gasteiger charge is 2.50. The van der Waals surface area contributed by atoms with Crippen molar-refractivity contribution in [1.29, 1.82) is 0 Å². The molecule has 19 heavy (non-hydrogen) atoms. The Morgan fingerprint density at radius 1 is 1.37 bits per heavy atom. The fourth-order valence-electron chi connectivity index (χ4n) is 3.39. The second-order valence-corrected chi connectivity index (χ2v) is 6.71. The van der Waals surface area contributed by atoms with Gasteiger partial charge < -0.3 is 10.1 Å². The van der Waals surface area contributed by atoms with Crippen LogP contribution in [0.15, 0.2) is 22.7 Å². The van der Waals surface area contributed by atoms with Crippen LogP contribution in [-0.4, -0.2) is 12.1 Å². The first-order chi connectivity index (χ1) is 9.18. The van der Waals surface area contributed by atoms with Crippen LogP contribution < -0.4 is 10.1 Å². The maximum absolute atomic E-state index is 6.46. The van der Waals surface area contributed by atoms with E-state index < -0.39 is 0 Å². The van der Waals surface area contributed by atoms with Crippen LogP contribution >= 0.6 is 15.9 Å². The monoisotopic (exact) mass is 323 g/mol. The Morgan fingerprint density at radius 3 is 2.79 bits per heavy atom. The van der Waals surface area contributed by atoms with Crippen molar-refractivity contribution in [2.45, 2.75) is 51.2 Å². The lowest BCUT2D eigenvalue weighted by Crippen LogP contribution is -2.45. The molecule has 1 heterocycles. The summed E-state index contributed by atoms with van der Waals surface area (Å²) in [5, 5.41) is 3.64. The molecule has 1 N–H and O–H groups in total. The van der Waals surface area contributed by atoms with Crippen LogP contribution in [0.2, 0.25) is 0 Å². The number of fused-ring (bicyclic) bond motifs is 1. The minimum atomic E-state index is 0.0632. The molecule has 0 bridgehead atoms.